The van der Waals surface area contributed by atoms with Crippen LogP contribution < -0.4 is 5.32 Å². The maximum Gasteiger partial charge on any atom is 0.0839 e. The van der Waals surface area contributed by atoms with Crippen LogP contribution >= 0.6 is 0 Å². The van der Waals surface area contributed by atoms with Crippen LogP contribution in [0.15, 0.2) is 30.3 Å². The van der Waals surface area contributed by atoms with E-state index in [-0.39, 0.29) is 5.92 Å². The Labute approximate surface area is 129 Å². The Morgan fingerprint density at radius 1 is 1.29 bits per heavy atom. The summed E-state index contributed by atoms with van der Waals surface area (Å²) < 4.78 is 0. The van der Waals surface area contributed by atoms with E-state index >= 15 is 0 Å². The molecule has 0 aliphatic carbocycles. The van der Waals surface area contributed by atoms with E-state index < -0.39 is 0 Å². The van der Waals surface area contributed by atoms with Crippen LogP contribution in [0.1, 0.15) is 38.2 Å². The minimum atomic E-state index is -0.0358. The van der Waals surface area contributed by atoms with Crippen molar-refractivity contribution in [2.75, 3.05) is 26.2 Å². The summed E-state index contributed by atoms with van der Waals surface area (Å²) in [4.78, 5) is 2.47. The van der Waals surface area contributed by atoms with Gasteiger partial charge in [-0.2, -0.15) is 5.26 Å². The van der Waals surface area contributed by atoms with Crippen molar-refractivity contribution in [3.05, 3.63) is 35.9 Å². The van der Waals surface area contributed by atoms with Gasteiger partial charge in [0.2, 0.25) is 0 Å². The van der Waals surface area contributed by atoms with Crippen LogP contribution in [0.5, 0.6) is 0 Å². The predicted molar refractivity (Wildman–Crippen MR) is 87.1 cm³/mol. The fourth-order valence-corrected chi connectivity index (χ4v) is 3.13. The fraction of sp³-hybridized carbons (Fsp3) is 0.611. The molecule has 1 heterocycles. The first-order valence-corrected chi connectivity index (χ1v) is 8.09. The molecule has 0 radical (unpaired) electrons. The van der Waals surface area contributed by atoms with Crippen molar-refractivity contribution in [1.82, 2.24) is 10.2 Å². The van der Waals surface area contributed by atoms with Crippen LogP contribution in [0.4, 0.5) is 0 Å². The molecular formula is C18H27N3. The van der Waals surface area contributed by atoms with E-state index in [1.54, 1.807) is 0 Å². The quantitative estimate of drug-likeness (QED) is 0.837. The lowest BCUT2D eigenvalue weighted by molar-refractivity contribution is 0.220. The Kier molecular flexibility index (Phi) is 6.22. The zero-order valence-electron chi connectivity index (χ0n) is 13.3. The van der Waals surface area contributed by atoms with E-state index in [9.17, 15) is 5.26 Å². The van der Waals surface area contributed by atoms with Gasteiger partial charge in [-0.15, -0.1) is 0 Å². The lowest BCUT2D eigenvalue weighted by Gasteiger charge is -2.29. The standard InChI is InChI=1S/C18H27N3/c1-15(2)12-21(14-18-9-6-10-20-18)13-17(11-19)16-7-4-3-5-8-16/h3-5,7-8,15,17-18,20H,6,9-10,12-14H2,1-2H3. The van der Waals surface area contributed by atoms with Crippen LogP contribution in [-0.2, 0) is 0 Å². The highest BCUT2D eigenvalue weighted by Crippen LogP contribution is 2.18. The van der Waals surface area contributed by atoms with Crippen molar-refractivity contribution in [1.29, 1.82) is 5.26 Å². The van der Waals surface area contributed by atoms with Crippen molar-refractivity contribution in [3.8, 4) is 6.07 Å². The lowest BCUT2D eigenvalue weighted by Crippen LogP contribution is -2.41. The molecule has 1 aliphatic heterocycles. The molecule has 2 atom stereocenters. The fourth-order valence-electron chi connectivity index (χ4n) is 3.13. The summed E-state index contributed by atoms with van der Waals surface area (Å²) in [5, 5.41) is 13.1. The Balaban J connectivity index is 2.00. The summed E-state index contributed by atoms with van der Waals surface area (Å²) >= 11 is 0. The maximum atomic E-state index is 9.53. The Bertz CT molecular complexity index is 443. The molecule has 1 aromatic rings. The van der Waals surface area contributed by atoms with E-state index in [1.807, 2.05) is 18.2 Å². The molecule has 3 heteroatoms. The third-order valence-electron chi connectivity index (χ3n) is 4.06. The summed E-state index contributed by atoms with van der Waals surface area (Å²) in [7, 11) is 0. The van der Waals surface area contributed by atoms with E-state index in [2.05, 4.69) is 42.3 Å². The molecule has 21 heavy (non-hydrogen) atoms. The first-order chi connectivity index (χ1) is 10.2. The largest absolute Gasteiger partial charge is 0.313 e. The topological polar surface area (TPSA) is 39.1 Å². The summed E-state index contributed by atoms with van der Waals surface area (Å²) in [6.07, 6.45) is 2.54. The highest BCUT2D eigenvalue weighted by atomic mass is 15.2. The highest BCUT2D eigenvalue weighted by Gasteiger charge is 2.21. The van der Waals surface area contributed by atoms with E-state index in [4.69, 9.17) is 0 Å². The van der Waals surface area contributed by atoms with Crippen molar-refractivity contribution < 1.29 is 0 Å². The molecule has 1 aliphatic rings. The van der Waals surface area contributed by atoms with Gasteiger partial charge in [0, 0.05) is 25.7 Å². The second-order valence-corrected chi connectivity index (χ2v) is 6.50. The minimum Gasteiger partial charge on any atom is -0.313 e. The first kappa shape index (κ1) is 16.0. The second kappa shape index (κ2) is 8.17. The van der Waals surface area contributed by atoms with Crippen LogP contribution in [-0.4, -0.2) is 37.1 Å². The predicted octanol–water partition coefficient (Wildman–Crippen LogP) is 3.00. The van der Waals surface area contributed by atoms with Gasteiger partial charge in [-0.05, 0) is 30.9 Å². The van der Waals surface area contributed by atoms with Crippen molar-refractivity contribution in [2.24, 2.45) is 5.92 Å². The number of benzene rings is 1. The molecular weight excluding hydrogens is 258 g/mol. The summed E-state index contributed by atoms with van der Waals surface area (Å²) in [5.41, 5.74) is 1.13. The molecule has 0 amide bonds. The minimum absolute atomic E-state index is 0.0358. The molecule has 1 aromatic carbocycles. The number of hydrogen-bond donors (Lipinski definition) is 1. The van der Waals surface area contributed by atoms with Crippen LogP contribution in [0.2, 0.25) is 0 Å². The lowest BCUT2D eigenvalue weighted by atomic mass is 9.99. The van der Waals surface area contributed by atoms with E-state index in [1.165, 1.54) is 12.8 Å². The number of nitrogens with zero attached hydrogens (tertiary/aromatic N) is 2. The zero-order chi connectivity index (χ0) is 15.1. The van der Waals surface area contributed by atoms with Crippen LogP contribution in [0.3, 0.4) is 0 Å². The first-order valence-electron chi connectivity index (χ1n) is 8.09. The van der Waals surface area contributed by atoms with E-state index in [0.29, 0.717) is 12.0 Å². The molecule has 0 aromatic heterocycles. The normalized spacial score (nSPS) is 19.9. The molecule has 2 rings (SSSR count). The third-order valence-corrected chi connectivity index (χ3v) is 4.06. The van der Waals surface area contributed by atoms with Crippen LogP contribution in [0.25, 0.3) is 0 Å². The van der Waals surface area contributed by atoms with Gasteiger partial charge in [0.1, 0.15) is 0 Å². The number of nitriles is 1. The van der Waals surface area contributed by atoms with Gasteiger partial charge in [0.05, 0.1) is 12.0 Å². The molecule has 2 unspecified atom stereocenters. The zero-order valence-corrected chi connectivity index (χ0v) is 13.3. The van der Waals surface area contributed by atoms with Gasteiger partial charge < -0.3 is 5.32 Å². The smallest absolute Gasteiger partial charge is 0.0839 e. The van der Waals surface area contributed by atoms with Gasteiger partial charge in [0.15, 0.2) is 0 Å². The molecule has 0 spiro atoms. The number of rotatable bonds is 7. The average Bonchev–Trinajstić information content (AvgIpc) is 2.97. The molecule has 0 bridgehead atoms. The Morgan fingerprint density at radius 3 is 2.62 bits per heavy atom. The van der Waals surface area contributed by atoms with Gasteiger partial charge in [-0.25, -0.2) is 0 Å². The highest BCUT2D eigenvalue weighted by molar-refractivity contribution is 5.25. The molecule has 1 saturated heterocycles. The molecule has 0 saturated carbocycles. The second-order valence-electron chi connectivity index (χ2n) is 6.50. The van der Waals surface area contributed by atoms with Gasteiger partial charge in [-0.1, -0.05) is 44.2 Å². The average molecular weight is 285 g/mol. The van der Waals surface area contributed by atoms with Crippen molar-refractivity contribution >= 4 is 0 Å². The molecule has 1 fully saturated rings. The Hall–Kier alpha value is -1.37. The summed E-state index contributed by atoms with van der Waals surface area (Å²) in [6.45, 7) is 8.59. The number of hydrogen-bond acceptors (Lipinski definition) is 3. The molecule has 1 N–H and O–H groups in total. The van der Waals surface area contributed by atoms with Crippen molar-refractivity contribution in [3.63, 3.8) is 0 Å². The van der Waals surface area contributed by atoms with Gasteiger partial charge >= 0.3 is 0 Å². The Morgan fingerprint density at radius 2 is 2.05 bits per heavy atom. The van der Waals surface area contributed by atoms with Crippen molar-refractivity contribution in [2.45, 2.75) is 38.6 Å². The van der Waals surface area contributed by atoms with Gasteiger partial charge in [0.25, 0.3) is 0 Å². The molecule has 3 nitrogen and oxygen atoms in total. The van der Waals surface area contributed by atoms with E-state index in [0.717, 1.165) is 31.7 Å². The number of nitrogens with one attached hydrogen (secondary N) is 1. The summed E-state index contributed by atoms with van der Waals surface area (Å²) in [6, 6.07) is 13.3. The maximum absolute atomic E-state index is 9.53. The monoisotopic (exact) mass is 285 g/mol. The van der Waals surface area contributed by atoms with Gasteiger partial charge in [-0.3, -0.25) is 4.90 Å². The SMILES string of the molecule is CC(C)CN(CC1CCCN1)CC(C#N)c1ccccc1. The third kappa shape index (κ3) is 5.15. The summed E-state index contributed by atoms with van der Waals surface area (Å²) in [5.74, 6) is 0.591. The molecule has 114 valence electrons. The van der Waals surface area contributed by atoms with Crippen LogP contribution in [0, 0.1) is 17.2 Å².